The van der Waals surface area contributed by atoms with Gasteiger partial charge in [-0.3, -0.25) is 14.2 Å². The fraction of sp³-hybridized carbons (Fsp3) is 0.278. The Labute approximate surface area is 161 Å². The van der Waals surface area contributed by atoms with Crippen LogP contribution >= 0.6 is 23.2 Å². The van der Waals surface area contributed by atoms with Crippen LogP contribution in [-0.2, 0) is 17.9 Å². The fourth-order valence-electron chi connectivity index (χ4n) is 2.72. The third kappa shape index (κ3) is 3.92. The Kier molecular flexibility index (Phi) is 5.34. The summed E-state index contributed by atoms with van der Waals surface area (Å²) in [5, 5.41) is 12.8. The maximum atomic E-state index is 12.4. The van der Waals surface area contributed by atoms with Crippen LogP contribution in [0.4, 0.5) is 5.69 Å². The van der Waals surface area contributed by atoms with Crippen LogP contribution in [0.25, 0.3) is 0 Å². The first-order valence-corrected chi connectivity index (χ1v) is 8.87. The van der Waals surface area contributed by atoms with Crippen molar-refractivity contribution in [1.82, 2.24) is 19.6 Å². The van der Waals surface area contributed by atoms with Crippen molar-refractivity contribution in [3.8, 4) is 0 Å². The van der Waals surface area contributed by atoms with Gasteiger partial charge in [-0.05, 0) is 44.5 Å². The summed E-state index contributed by atoms with van der Waals surface area (Å²) in [5.41, 5.74) is 4.16. The molecular formula is C18H19Cl2N5O. The van der Waals surface area contributed by atoms with E-state index in [4.69, 9.17) is 23.2 Å². The van der Waals surface area contributed by atoms with Crippen molar-refractivity contribution in [3.05, 3.63) is 63.2 Å². The summed E-state index contributed by atoms with van der Waals surface area (Å²) in [6.07, 6.45) is 1.67. The molecule has 2 aromatic heterocycles. The fourth-order valence-corrected chi connectivity index (χ4v) is 3.19. The van der Waals surface area contributed by atoms with Gasteiger partial charge < -0.3 is 5.32 Å². The molecule has 1 N–H and O–H groups in total. The highest BCUT2D eigenvalue weighted by atomic mass is 35.5. The van der Waals surface area contributed by atoms with Crippen molar-refractivity contribution >= 4 is 34.8 Å². The van der Waals surface area contributed by atoms with Gasteiger partial charge in [-0.15, -0.1) is 0 Å². The van der Waals surface area contributed by atoms with E-state index in [2.05, 4.69) is 15.5 Å². The molecule has 0 bridgehead atoms. The van der Waals surface area contributed by atoms with Crippen LogP contribution in [0.1, 0.15) is 22.6 Å². The molecule has 0 fully saturated rings. The lowest BCUT2D eigenvalue weighted by Crippen LogP contribution is -2.21. The molecule has 1 amide bonds. The number of hydrogen-bond acceptors (Lipinski definition) is 3. The molecule has 0 atom stereocenters. The zero-order valence-corrected chi connectivity index (χ0v) is 16.3. The normalized spacial score (nSPS) is 11.0. The van der Waals surface area contributed by atoms with E-state index in [0.717, 1.165) is 22.6 Å². The summed E-state index contributed by atoms with van der Waals surface area (Å²) in [5.74, 6) is -0.146. The van der Waals surface area contributed by atoms with E-state index in [-0.39, 0.29) is 12.5 Å². The first-order valence-electron chi connectivity index (χ1n) is 8.11. The topological polar surface area (TPSA) is 64.7 Å². The second-order valence-electron chi connectivity index (χ2n) is 6.12. The lowest BCUT2D eigenvalue weighted by molar-refractivity contribution is -0.116. The molecule has 2 heterocycles. The van der Waals surface area contributed by atoms with Gasteiger partial charge >= 0.3 is 0 Å². The van der Waals surface area contributed by atoms with Crippen molar-refractivity contribution in [2.24, 2.45) is 0 Å². The number of aryl methyl sites for hydroxylation is 2. The van der Waals surface area contributed by atoms with Crippen LogP contribution in [-0.4, -0.2) is 25.5 Å². The number of benzene rings is 1. The van der Waals surface area contributed by atoms with Gasteiger partial charge in [0.25, 0.3) is 0 Å². The van der Waals surface area contributed by atoms with E-state index >= 15 is 0 Å². The molecule has 0 aliphatic carbocycles. The number of nitrogens with zero attached hydrogens (tertiary/aromatic N) is 4. The summed E-state index contributed by atoms with van der Waals surface area (Å²) < 4.78 is 3.47. The van der Waals surface area contributed by atoms with Gasteiger partial charge in [-0.2, -0.15) is 10.2 Å². The van der Waals surface area contributed by atoms with Crippen LogP contribution in [0.5, 0.6) is 0 Å². The molecule has 3 rings (SSSR count). The van der Waals surface area contributed by atoms with Crippen molar-refractivity contribution in [2.75, 3.05) is 5.32 Å². The predicted molar refractivity (Wildman–Crippen MR) is 103 cm³/mol. The van der Waals surface area contributed by atoms with Gasteiger partial charge in [0.2, 0.25) is 5.91 Å². The first-order chi connectivity index (χ1) is 12.3. The van der Waals surface area contributed by atoms with Crippen molar-refractivity contribution in [2.45, 2.75) is 33.9 Å². The van der Waals surface area contributed by atoms with E-state index in [1.165, 1.54) is 0 Å². The highest BCUT2D eigenvalue weighted by Gasteiger charge is 2.16. The van der Waals surface area contributed by atoms with Crippen LogP contribution in [0, 0.1) is 20.8 Å². The largest absolute Gasteiger partial charge is 0.321 e. The van der Waals surface area contributed by atoms with Gasteiger partial charge in [0.05, 0.1) is 23.6 Å². The number of nitrogens with one attached hydrogen (secondary N) is 1. The van der Waals surface area contributed by atoms with Crippen molar-refractivity contribution < 1.29 is 4.79 Å². The summed E-state index contributed by atoms with van der Waals surface area (Å²) in [6, 6.07) is 7.24. The van der Waals surface area contributed by atoms with E-state index in [0.29, 0.717) is 22.3 Å². The Morgan fingerprint density at radius 3 is 2.58 bits per heavy atom. The maximum absolute atomic E-state index is 12.4. The molecular weight excluding hydrogens is 373 g/mol. The highest BCUT2D eigenvalue weighted by Crippen LogP contribution is 2.25. The number of carbonyl (C=O) groups excluding carboxylic acids is 1. The molecule has 0 saturated heterocycles. The van der Waals surface area contributed by atoms with E-state index in [9.17, 15) is 4.79 Å². The zero-order valence-electron chi connectivity index (χ0n) is 14.8. The van der Waals surface area contributed by atoms with Gasteiger partial charge in [-0.1, -0.05) is 29.3 Å². The van der Waals surface area contributed by atoms with Crippen LogP contribution in [0.2, 0.25) is 10.0 Å². The molecule has 136 valence electrons. The lowest BCUT2D eigenvalue weighted by atomic mass is 10.2. The minimum Gasteiger partial charge on any atom is -0.321 e. The molecule has 0 spiro atoms. The van der Waals surface area contributed by atoms with Crippen LogP contribution < -0.4 is 5.32 Å². The highest BCUT2D eigenvalue weighted by molar-refractivity contribution is 6.35. The molecule has 1 aromatic carbocycles. The second-order valence-corrected chi connectivity index (χ2v) is 6.96. The Balaban J connectivity index is 1.77. The Morgan fingerprint density at radius 1 is 1.15 bits per heavy atom. The first kappa shape index (κ1) is 18.5. The number of rotatable bonds is 5. The minimum absolute atomic E-state index is 0.146. The van der Waals surface area contributed by atoms with Gasteiger partial charge in [0, 0.05) is 21.9 Å². The number of amides is 1. The lowest BCUT2D eigenvalue weighted by Gasteiger charge is -2.09. The summed E-state index contributed by atoms with van der Waals surface area (Å²) in [7, 11) is 0. The smallest absolute Gasteiger partial charge is 0.246 e. The van der Waals surface area contributed by atoms with Gasteiger partial charge in [-0.25, -0.2) is 0 Å². The quantitative estimate of drug-likeness (QED) is 0.714. The minimum atomic E-state index is -0.146. The molecule has 6 nitrogen and oxygen atoms in total. The number of halogens is 2. The molecule has 3 aromatic rings. The zero-order chi connectivity index (χ0) is 18.8. The molecule has 0 unspecified atom stereocenters. The summed E-state index contributed by atoms with van der Waals surface area (Å²) in [6.45, 7) is 6.34. The summed E-state index contributed by atoms with van der Waals surface area (Å²) >= 11 is 12.2. The molecule has 0 saturated carbocycles. The summed E-state index contributed by atoms with van der Waals surface area (Å²) in [4.78, 5) is 12.4. The number of aromatic nitrogens is 4. The molecule has 26 heavy (non-hydrogen) atoms. The average Bonchev–Trinajstić information content (AvgIpc) is 3.08. The Morgan fingerprint density at radius 2 is 1.92 bits per heavy atom. The number of anilines is 1. The molecule has 0 aliphatic rings. The number of hydrogen-bond donors (Lipinski definition) is 1. The Bertz CT molecular complexity index is 961. The third-order valence-corrected chi connectivity index (χ3v) is 4.79. The number of carbonyl (C=O) groups is 1. The predicted octanol–water partition coefficient (Wildman–Crippen LogP) is 4.00. The third-order valence-electron chi connectivity index (χ3n) is 4.20. The average molecular weight is 392 g/mol. The van der Waals surface area contributed by atoms with E-state index in [1.54, 1.807) is 23.0 Å². The van der Waals surface area contributed by atoms with Gasteiger partial charge in [0.15, 0.2) is 0 Å². The van der Waals surface area contributed by atoms with Gasteiger partial charge in [0.1, 0.15) is 6.54 Å². The standard InChI is InChI=1S/C18H19Cl2N5O/c1-11-6-7-21-24(11)10-17(26)22-18-12(2)23-25(13(18)3)9-14-4-5-15(19)8-16(14)20/h4-8H,9-10H2,1-3H3,(H,22,26). The second kappa shape index (κ2) is 7.51. The van der Waals surface area contributed by atoms with E-state index < -0.39 is 0 Å². The van der Waals surface area contributed by atoms with Crippen LogP contribution in [0.3, 0.4) is 0 Å². The molecule has 0 radical (unpaired) electrons. The van der Waals surface area contributed by atoms with Crippen molar-refractivity contribution in [3.63, 3.8) is 0 Å². The molecule has 8 heteroatoms. The maximum Gasteiger partial charge on any atom is 0.246 e. The van der Waals surface area contributed by atoms with Crippen molar-refractivity contribution in [1.29, 1.82) is 0 Å². The molecule has 0 aliphatic heterocycles. The SMILES string of the molecule is Cc1nn(Cc2ccc(Cl)cc2Cl)c(C)c1NC(=O)Cn1nccc1C. The monoisotopic (exact) mass is 391 g/mol. The van der Waals surface area contributed by atoms with Crippen LogP contribution in [0.15, 0.2) is 30.5 Å². The Hall–Kier alpha value is -2.31. The van der Waals surface area contributed by atoms with E-state index in [1.807, 2.05) is 37.6 Å².